The van der Waals surface area contributed by atoms with Crippen LogP contribution in [-0.4, -0.2) is 19.2 Å². The Balaban J connectivity index is 2.27. The molecule has 0 spiro atoms. The monoisotopic (exact) mass is 246 g/mol. The number of methoxy groups -OCH3 is 2. The van der Waals surface area contributed by atoms with Crippen LogP contribution in [0, 0.1) is 0 Å². The smallest absolute Gasteiger partial charge is 0.222 e. The van der Waals surface area contributed by atoms with Gasteiger partial charge in [-0.15, -0.1) is 0 Å². The van der Waals surface area contributed by atoms with Gasteiger partial charge in [-0.3, -0.25) is 0 Å². The SMILES string of the molecule is COc1ccc(N)c(Oc2cccc(OC)n2)c1. The molecule has 0 radical (unpaired) electrons. The maximum Gasteiger partial charge on any atom is 0.222 e. The van der Waals surface area contributed by atoms with Gasteiger partial charge in [0.05, 0.1) is 19.9 Å². The second kappa shape index (κ2) is 5.27. The summed E-state index contributed by atoms with van der Waals surface area (Å²) in [6.45, 7) is 0. The zero-order chi connectivity index (χ0) is 13.0. The number of hydrogen-bond donors (Lipinski definition) is 1. The summed E-state index contributed by atoms with van der Waals surface area (Å²) in [4.78, 5) is 4.14. The third kappa shape index (κ3) is 2.63. The Bertz CT molecular complexity index is 544. The molecule has 18 heavy (non-hydrogen) atoms. The van der Waals surface area contributed by atoms with E-state index in [0.717, 1.165) is 0 Å². The first-order valence-corrected chi connectivity index (χ1v) is 5.35. The van der Waals surface area contributed by atoms with E-state index >= 15 is 0 Å². The number of nitrogens with two attached hydrogens (primary N) is 1. The van der Waals surface area contributed by atoms with Gasteiger partial charge in [0.25, 0.3) is 0 Å². The Morgan fingerprint density at radius 1 is 1.00 bits per heavy atom. The van der Waals surface area contributed by atoms with E-state index in [-0.39, 0.29) is 0 Å². The fourth-order valence-electron chi connectivity index (χ4n) is 1.41. The second-order valence-electron chi connectivity index (χ2n) is 3.52. The topological polar surface area (TPSA) is 66.6 Å². The molecule has 1 heterocycles. The number of anilines is 1. The summed E-state index contributed by atoms with van der Waals surface area (Å²) >= 11 is 0. The Kier molecular flexibility index (Phi) is 3.52. The van der Waals surface area contributed by atoms with Gasteiger partial charge < -0.3 is 19.9 Å². The first-order chi connectivity index (χ1) is 8.72. The van der Waals surface area contributed by atoms with Gasteiger partial charge in [0.2, 0.25) is 11.8 Å². The molecule has 0 aliphatic rings. The summed E-state index contributed by atoms with van der Waals surface area (Å²) in [6.07, 6.45) is 0. The van der Waals surface area contributed by atoms with Crippen LogP contribution >= 0.6 is 0 Å². The number of nitrogens with zero attached hydrogens (tertiary/aromatic N) is 1. The molecule has 2 N–H and O–H groups in total. The molecule has 0 saturated carbocycles. The molecule has 5 heteroatoms. The molecule has 0 atom stereocenters. The van der Waals surface area contributed by atoms with Crippen molar-refractivity contribution in [2.45, 2.75) is 0 Å². The van der Waals surface area contributed by atoms with Crippen LogP contribution in [0.4, 0.5) is 5.69 Å². The molecule has 94 valence electrons. The number of hydrogen-bond acceptors (Lipinski definition) is 5. The van der Waals surface area contributed by atoms with Crippen LogP contribution in [0.25, 0.3) is 0 Å². The largest absolute Gasteiger partial charge is 0.497 e. The van der Waals surface area contributed by atoms with Gasteiger partial charge in [0.15, 0.2) is 5.75 Å². The maximum absolute atomic E-state index is 5.82. The van der Waals surface area contributed by atoms with Gasteiger partial charge in [-0.1, -0.05) is 6.07 Å². The number of nitrogen functional groups attached to an aromatic ring is 1. The molecule has 0 bridgehead atoms. The number of rotatable bonds is 4. The second-order valence-corrected chi connectivity index (χ2v) is 3.52. The number of aromatic nitrogens is 1. The van der Waals surface area contributed by atoms with Crippen molar-refractivity contribution in [2.24, 2.45) is 0 Å². The highest BCUT2D eigenvalue weighted by atomic mass is 16.5. The van der Waals surface area contributed by atoms with Crippen LogP contribution in [0.1, 0.15) is 0 Å². The molecule has 0 aliphatic heterocycles. The highest BCUT2D eigenvalue weighted by molar-refractivity contribution is 5.56. The number of pyridine rings is 1. The highest BCUT2D eigenvalue weighted by Crippen LogP contribution is 2.30. The van der Waals surface area contributed by atoms with E-state index in [1.165, 1.54) is 0 Å². The van der Waals surface area contributed by atoms with Gasteiger partial charge in [0.1, 0.15) is 5.75 Å². The summed E-state index contributed by atoms with van der Waals surface area (Å²) in [6, 6.07) is 10.4. The predicted molar refractivity (Wildman–Crippen MR) is 68.3 cm³/mol. The Morgan fingerprint density at radius 2 is 1.78 bits per heavy atom. The lowest BCUT2D eigenvalue weighted by molar-refractivity contribution is 0.382. The minimum Gasteiger partial charge on any atom is -0.497 e. The highest BCUT2D eigenvalue weighted by Gasteiger charge is 2.06. The van der Waals surface area contributed by atoms with E-state index in [2.05, 4.69) is 4.98 Å². The zero-order valence-electron chi connectivity index (χ0n) is 10.2. The first-order valence-electron chi connectivity index (χ1n) is 5.35. The number of benzene rings is 1. The lowest BCUT2D eigenvalue weighted by Gasteiger charge is -2.09. The minimum absolute atomic E-state index is 0.411. The average Bonchev–Trinajstić information content (AvgIpc) is 2.41. The molecule has 0 amide bonds. The average molecular weight is 246 g/mol. The lowest BCUT2D eigenvalue weighted by atomic mass is 10.3. The fraction of sp³-hybridized carbons (Fsp3) is 0.154. The summed E-state index contributed by atoms with van der Waals surface area (Å²) < 4.78 is 15.7. The first kappa shape index (κ1) is 12.0. The molecule has 5 nitrogen and oxygen atoms in total. The van der Waals surface area contributed by atoms with Crippen molar-refractivity contribution < 1.29 is 14.2 Å². The van der Waals surface area contributed by atoms with Crippen LogP contribution in [0.2, 0.25) is 0 Å². The molecule has 2 rings (SSSR count). The Morgan fingerprint density at radius 3 is 2.50 bits per heavy atom. The van der Waals surface area contributed by atoms with Gasteiger partial charge in [0, 0.05) is 18.2 Å². The van der Waals surface area contributed by atoms with Crippen molar-refractivity contribution in [3.05, 3.63) is 36.4 Å². The fourth-order valence-corrected chi connectivity index (χ4v) is 1.41. The van der Waals surface area contributed by atoms with E-state index in [4.69, 9.17) is 19.9 Å². The Labute approximate surface area is 105 Å². The third-order valence-electron chi connectivity index (χ3n) is 2.34. The van der Waals surface area contributed by atoms with Crippen molar-refractivity contribution in [3.63, 3.8) is 0 Å². The molecular weight excluding hydrogens is 232 g/mol. The van der Waals surface area contributed by atoms with Gasteiger partial charge in [-0.05, 0) is 12.1 Å². The number of ether oxygens (including phenoxy) is 3. The van der Waals surface area contributed by atoms with E-state index < -0.39 is 0 Å². The van der Waals surface area contributed by atoms with Crippen LogP contribution in [0.15, 0.2) is 36.4 Å². The summed E-state index contributed by atoms with van der Waals surface area (Å²) in [7, 11) is 3.13. The molecule has 0 fully saturated rings. The van der Waals surface area contributed by atoms with Crippen LogP contribution in [0.5, 0.6) is 23.3 Å². The van der Waals surface area contributed by atoms with Crippen LogP contribution in [0.3, 0.4) is 0 Å². The summed E-state index contributed by atoms with van der Waals surface area (Å²) in [5.41, 5.74) is 6.34. The van der Waals surface area contributed by atoms with Crippen molar-refractivity contribution in [1.82, 2.24) is 4.98 Å². The summed E-state index contributed by atoms with van der Waals surface area (Å²) in [5.74, 6) is 2.06. The molecule has 1 aromatic heterocycles. The van der Waals surface area contributed by atoms with E-state index in [1.54, 1.807) is 50.6 Å². The summed E-state index contributed by atoms with van der Waals surface area (Å²) in [5, 5.41) is 0. The van der Waals surface area contributed by atoms with Crippen molar-refractivity contribution in [1.29, 1.82) is 0 Å². The molecule has 1 aromatic carbocycles. The van der Waals surface area contributed by atoms with E-state index in [0.29, 0.717) is 28.9 Å². The normalized spacial score (nSPS) is 9.89. The minimum atomic E-state index is 0.411. The van der Waals surface area contributed by atoms with Crippen molar-refractivity contribution >= 4 is 5.69 Å². The third-order valence-corrected chi connectivity index (χ3v) is 2.34. The van der Waals surface area contributed by atoms with E-state index in [1.807, 2.05) is 0 Å². The standard InChI is InChI=1S/C13H14N2O3/c1-16-9-6-7-10(14)11(8-9)18-13-5-3-4-12(15-13)17-2/h3-8H,14H2,1-2H3. The van der Waals surface area contributed by atoms with Gasteiger partial charge in [-0.2, -0.15) is 4.98 Å². The molecule has 0 unspecified atom stereocenters. The lowest BCUT2D eigenvalue weighted by Crippen LogP contribution is -1.95. The van der Waals surface area contributed by atoms with Crippen LogP contribution < -0.4 is 19.9 Å². The molecule has 0 saturated heterocycles. The molecular formula is C13H14N2O3. The maximum atomic E-state index is 5.82. The molecule has 2 aromatic rings. The van der Waals surface area contributed by atoms with Crippen molar-refractivity contribution in [3.8, 4) is 23.3 Å². The Hall–Kier alpha value is -2.43. The van der Waals surface area contributed by atoms with Gasteiger partial charge in [-0.25, -0.2) is 0 Å². The van der Waals surface area contributed by atoms with Crippen molar-refractivity contribution in [2.75, 3.05) is 20.0 Å². The predicted octanol–water partition coefficient (Wildman–Crippen LogP) is 2.47. The molecule has 0 aliphatic carbocycles. The zero-order valence-corrected chi connectivity index (χ0v) is 10.2. The quantitative estimate of drug-likeness (QED) is 0.839. The van der Waals surface area contributed by atoms with Crippen LogP contribution in [-0.2, 0) is 0 Å². The van der Waals surface area contributed by atoms with Gasteiger partial charge >= 0.3 is 0 Å². The van der Waals surface area contributed by atoms with E-state index in [9.17, 15) is 0 Å².